The Balaban J connectivity index is 1.18. The van der Waals surface area contributed by atoms with Crippen LogP contribution in [0.5, 0.6) is 5.75 Å². The fourth-order valence-corrected chi connectivity index (χ4v) is 5.92. The standard InChI is InChI=1S/C21H26ClNO4/c22-17-3-1-2-4-18(17)26-12-20(25)27-11-19(24)23-13-21-8-14-5-15(9-21)7-16(6-14)10-21/h1-4,14-16H,5-13H2,(H,23,24). The summed E-state index contributed by atoms with van der Waals surface area (Å²) in [6.45, 7) is 0.173. The van der Waals surface area contributed by atoms with Crippen LogP contribution >= 0.6 is 11.6 Å². The average molecular weight is 392 g/mol. The van der Waals surface area contributed by atoms with E-state index in [9.17, 15) is 9.59 Å². The third kappa shape index (κ3) is 4.40. The molecule has 0 saturated heterocycles. The van der Waals surface area contributed by atoms with Crippen molar-refractivity contribution in [1.82, 2.24) is 5.32 Å². The maximum absolute atomic E-state index is 12.1. The third-order valence-corrected chi connectivity index (χ3v) is 6.68. The van der Waals surface area contributed by atoms with E-state index >= 15 is 0 Å². The quantitative estimate of drug-likeness (QED) is 0.721. The van der Waals surface area contributed by atoms with Gasteiger partial charge >= 0.3 is 5.97 Å². The normalized spacial score (nSPS) is 30.8. The molecule has 4 aliphatic rings. The Labute approximate surface area is 164 Å². The van der Waals surface area contributed by atoms with Crippen molar-refractivity contribution in [3.63, 3.8) is 0 Å². The summed E-state index contributed by atoms with van der Waals surface area (Å²) in [6.07, 6.45) is 7.88. The van der Waals surface area contributed by atoms with E-state index < -0.39 is 5.97 Å². The van der Waals surface area contributed by atoms with Gasteiger partial charge in [-0.05, 0) is 73.8 Å². The number of halogens is 1. The lowest BCUT2D eigenvalue weighted by molar-refractivity contribution is -0.150. The second-order valence-electron chi connectivity index (χ2n) is 8.57. The van der Waals surface area contributed by atoms with Crippen LogP contribution in [-0.2, 0) is 14.3 Å². The van der Waals surface area contributed by atoms with E-state index in [1.165, 1.54) is 38.5 Å². The lowest BCUT2D eigenvalue weighted by Gasteiger charge is -2.56. The van der Waals surface area contributed by atoms with E-state index in [0.29, 0.717) is 17.3 Å². The summed E-state index contributed by atoms with van der Waals surface area (Å²) in [6, 6.07) is 6.90. The fourth-order valence-electron chi connectivity index (χ4n) is 5.73. The van der Waals surface area contributed by atoms with Gasteiger partial charge in [0.2, 0.25) is 0 Å². The molecule has 4 aliphatic carbocycles. The van der Waals surface area contributed by atoms with Crippen LogP contribution < -0.4 is 10.1 Å². The van der Waals surface area contributed by atoms with E-state index in [1.54, 1.807) is 24.3 Å². The number of rotatable bonds is 7. The predicted octanol–water partition coefficient (Wildman–Crippen LogP) is 3.59. The monoisotopic (exact) mass is 391 g/mol. The molecule has 0 spiro atoms. The first-order chi connectivity index (χ1) is 13.0. The van der Waals surface area contributed by atoms with Gasteiger partial charge in [0, 0.05) is 6.54 Å². The first kappa shape index (κ1) is 18.6. The highest BCUT2D eigenvalue weighted by Crippen LogP contribution is 2.59. The molecule has 0 heterocycles. The van der Waals surface area contributed by atoms with Crippen LogP contribution in [0.2, 0.25) is 5.02 Å². The van der Waals surface area contributed by atoms with Crippen LogP contribution in [0.3, 0.4) is 0 Å². The number of nitrogens with one attached hydrogen (secondary N) is 1. The van der Waals surface area contributed by atoms with Crippen LogP contribution in [0.4, 0.5) is 0 Å². The Morgan fingerprint density at radius 3 is 2.30 bits per heavy atom. The van der Waals surface area contributed by atoms with Gasteiger partial charge in [-0.2, -0.15) is 0 Å². The zero-order valence-corrected chi connectivity index (χ0v) is 16.2. The van der Waals surface area contributed by atoms with Crippen LogP contribution in [0.1, 0.15) is 38.5 Å². The fraction of sp³-hybridized carbons (Fsp3) is 0.619. The topological polar surface area (TPSA) is 64.6 Å². The lowest BCUT2D eigenvalue weighted by Crippen LogP contribution is -2.51. The molecule has 1 aromatic carbocycles. The van der Waals surface area contributed by atoms with Gasteiger partial charge < -0.3 is 14.8 Å². The number of hydrogen-bond acceptors (Lipinski definition) is 4. The Morgan fingerprint density at radius 1 is 1.04 bits per heavy atom. The Morgan fingerprint density at radius 2 is 1.67 bits per heavy atom. The number of ether oxygens (including phenoxy) is 2. The Bertz CT molecular complexity index is 685. The van der Waals surface area contributed by atoms with Crippen molar-refractivity contribution < 1.29 is 19.1 Å². The highest BCUT2D eigenvalue weighted by Gasteiger charge is 2.50. The molecule has 1 amide bonds. The maximum Gasteiger partial charge on any atom is 0.344 e. The number of benzene rings is 1. The van der Waals surface area contributed by atoms with Crippen LogP contribution in [0, 0.1) is 23.2 Å². The van der Waals surface area contributed by atoms with E-state index in [2.05, 4.69) is 5.32 Å². The summed E-state index contributed by atoms with van der Waals surface area (Å²) in [4.78, 5) is 23.9. The Kier molecular flexibility index (Phi) is 5.31. The summed E-state index contributed by atoms with van der Waals surface area (Å²) >= 11 is 5.96. The first-order valence-electron chi connectivity index (χ1n) is 9.81. The van der Waals surface area contributed by atoms with E-state index in [0.717, 1.165) is 17.8 Å². The van der Waals surface area contributed by atoms with Crippen molar-refractivity contribution in [2.75, 3.05) is 19.8 Å². The molecule has 6 heteroatoms. The summed E-state index contributed by atoms with van der Waals surface area (Å²) in [5.74, 6) is 2.16. The van der Waals surface area contributed by atoms with Gasteiger partial charge in [-0.15, -0.1) is 0 Å². The van der Waals surface area contributed by atoms with E-state index in [1.807, 2.05) is 0 Å². The molecule has 1 N–H and O–H groups in total. The molecular weight excluding hydrogens is 366 g/mol. The van der Waals surface area contributed by atoms with Crippen LogP contribution in [0.25, 0.3) is 0 Å². The number of esters is 1. The van der Waals surface area contributed by atoms with Gasteiger partial charge in [0.1, 0.15) is 5.75 Å². The van der Waals surface area contributed by atoms with Crippen molar-refractivity contribution in [2.24, 2.45) is 23.2 Å². The molecular formula is C21H26ClNO4. The van der Waals surface area contributed by atoms with Gasteiger partial charge in [0.15, 0.2) is 13.2 Å². The van der Waals surface area contributed by atoms with Gasteiger partial charge in [-0.1, -0.05) is 23.7 Å². The number of carbonyl (C=O) groups excluding carboxylic acids is 2. The first-order valence-corrected chi connectivity index (χ1v) is 10.2. The van der Waals surface area contributed by atoms with Crippen molar-refractivity contribution >= 4 is 23.5 Å². The molecule has 0 unspecified atom stereocenters. The zero-order valence-electron chi connectivity index (χ0n) is 15.4. The smallest absolute Gasteiger partial charge is 0.344 e. The molecule has 27 heavy (non-hydrogen) atoms. The Hall–Kier alpha value is -1.75. The summed E-state index contributed by atoms with van der Waals surface area (Å²) < 4.78 is 10.3. The predicted molar refractivity (Wildman–Crippen MR) is 102 cm³/mol. The number of para-hydroxylation sites is 1. The largest absolute Gasteiger partial charge is 0.480 e. The van der Waals surface area contributed by atoms with Crippen LogP contribution in [0.15, 0.2) is 24.3 Å². The average Bonchev–Trinajstić information content (AvgIpc) is 2.63. The van der Waals surface area contributed by atoms with E-state index in [-0.39, 0.29) is 24.5 Å². The van der Waals surface area contributed by atoms with Gasteiger partial charge in [-0.25, -0.2) is 4.79 Å². The third-order valence-electron chi connectivity index (χ3n) is 6.37. The highest BCUT2D eigenvalue weighted by atomic mass is 35.5. The second kappa shape index (κ2) is 7.70. The summed E-state index contributed by atoms with van der Waals surface area (Å²) in [7, 11) is 0. The molecule has 0 aliphatic heterocycles. The van der Waals surface area contributed by atoms with Gasteiger partial charge in [0.25, 0.3) is 5.91 Å². The summed E-state index contributed by atoms with van der Waals surface area (Å²) in [5.41, 5.74) is 0.279. The van der Waals surface area contributed by atoms with Crippen molar-refractivity contribution in [3.05, 3.63) is 29.3 Å². The molecule has 0 radical (unpaired) electrons. The highest BCUT2D eigenvalue weighted by molar-refractivity contribution is 6.32. The van der Waals surface area contributed by atoms with Gasteiger partial charge in [0.05, 0.1) is 5.02 Å². The van der Waals surface area contributed by atoms with Crippen LogP contribution in [-0.4, -0.2) is 31.6 Å². The molecule has 0 atom stereocenters. The van der Waals surface area contributed by atoms with Gasteiger partial charge in [-0.3, -0.25) is 4.79 Å². The maximum atomic E-state index is 12.1. The van der Waals surface area contributed by atoms with Crippen molar-refractivity contribution in [2.45, 2.75) is 38.5 Å². The minimum Gasteiger partial charge on any atom is -0.480 e. The number of hydrogen-bond donors (Lipinski definition) is 1. The second-order valence-corrected chi connectivity index (χ2v) is 8.98. The molecule has 4 fully saturated rings. The summed E-state index contributed by atoms with van der Waals surface area (Å²) in [5, 5.41) is 3.43. The SMILES string of the molecule is O=C(COC(=O)COc1ccccc1Cl)NCC12CC3CC(CC(C3)C1)C2. The minimum absolute atomic E-state index is 0.239. The number of carbonyl (C=O) groups is 2. The molecule has 5 rings (SSSR count). The number of amides is 1. The molecule has 0 aromatic heterocycles. The molecule has 1 aromatic rings. The van der Waals surface area contributed by atoms with Crippen molar-refractivity contribution in [1.29, 1.82) is 0 Å². The molecule has 4 saturated carbocycles. The van der Waals surface area contributed by atoms with Crippen molar-refractivity contribution in [3.8, 4) is 5.75 Å². The van der Waals surface area contributed by atoms with E-state index in [4.69, 9.17) is 21.1 Å². The minimum atomic E-state index is -0.583. The zero-order chi connectivity index (χ0) is 18.9. The molecule has 146 valence electrons. The lowest BCUT2D eigenvalue weighted by atomic mass is 9.49. The molecule has 5 nitrogen and oxygen atoms in total. The molecule has 4 bridgehead atoms.